The van der Waals surface area contributed by atoms with Crippen molar-refractivity contribution in [3.63, 3.8) is 0 Å². The SMILES string of the molecule is CCCN(CC(C)(CCC)CNC(C)(C)C)C1CC1. The van der Waals surface area contributed by atoms with Crippen molar-refractivity contribution in [1.29, 1.82) is 0 Å². The average Bonchev–Trinajstić information content (AvgIpc) is 3.09. The van der Waals surface area contributed by atoms with Gasteiger partial charge in [0.25, 0.3) is 0 Å². The van der Waals surface area contributed by atoms with Crippen LogP contribution in [-0.4, -0.2) is 36.1 Å². The minimum Gasteiger partial charge on any atom is -0.311 e. The van der Waals surface area contributed by atoms with Crippen LogP contribution >= 0.6 is 0 Å². The van der Waals surface area contributed by atoms with Crippen molar-refractivity contribution in [3.05, 3.63) is 0 Å². The summed E-state index contributed by atoms with van der Waals surface area (Å²) in [4.78, 5) is 2.75. The Kier molecular flexibility index (Phi) is 6.32. The van der Waals surface area contributed by atoms with Crippen LogP contribution in [0.1, 0.15) is 73.6 Å². The van der Waals surface area contributed by atoms with E-state index in [1.165, 1.54) is 45.2 Å². The third-order valence-electron chi connectivity index (χ3n) is 4.06. The normalized spacial score (nSPS) is 19.7. The van der Waals surface area contributed by atoms with Gasteiger partial charge >= 0.3 is 0 Å². The zero-order valence-electron chi connectivity index (χ0n) is 14.2. The highest BCUT2D eigenvalue weighted by atomic mass is 15.2. The molecule has 1 saturated carbocycles. The van der Waals surface area contributed by atoms with Crippen molar-refractivity contribution < 1.29 is 0 Å². The number of nitrogens with one attached hydrogen (secondary N) is 1. The van der Waals surface area contributed by atoms with Crippen LogP contribution in [0.2, 0.25) is 0 Å². The van der Waals surface area contributed by atoms with Gasteiger partial charge < -0.3 is 5.32 Å². The summed E-state index contributed by atoms with van der Waals surface area (Å²) in [6.45, 7) is 17.6. The van der Waals surface area contributed by atoms with Gasteiger partial charge in [-0.25, -0.2) is 0 Å². The van der Waals surface area contributed by atoms with E-state index in [0.717, 1.165) is 12.6 Å². The van der Waals surface area contributed by atoms with Crippen LogP contribution in [0.3, 0.4) is 0 Å². The van der Waals surface area contributed by atoms with Gasteiger partial charge in [-0.1, -0.05) is 27.2 Å². The molecule has 1 aliphatic carbocycles. The van der Waals surface area contributed by atoms with E-state index in [0.29, 0.717) is 5.41 Å². The lowest BCUT2D eigenvalue weighted by Gasteiger charge is -2.38. The highest BCUT2D eigenvalue weighted by Crippen LogP contribution is 2.32. The Morgan fingerprint density at radius 3 is 2.11 bits per heavy atom. The van der Waals surface area contributed by atoms with Gasteiger partial charge in [-0.2, -0.15) is 0 Å². The number of nitrogens with zero attached hydrogens (tertiary/aromatic N) is 1. The molecule has 0 heterocycles. The van der Waals surface area contributed by atoms with Gasteiger partial charge in [0.1, 0.15) is 0 Å². The van der Waals surface area contributed by atoms with Crippen molar-refractivity contribution in [2.24, 2.45) is 5.41 Å². The molecule has 114 valence electrons. The van der Waals surface area contributed by atoms with Crippen molar-refractivity contribution in [2.75, 3.05) is 19.6 Å². The maximum absolute atomic E-state index is 3.73. The zero-order valence-corrected chi connectivity index (χ0v) is 14.2. The molecule has 0 spiro atoms. The first-order valence-corrected chi connectivity index (χ1v) is 8.29. The molecule has 0 aliphatic heterocycles. The summed E-state index contributed by atoms with van der Waals surface area (Å²) in [6, 6.07) is 0.894. The zero-order chi connectivity index (χ0) is 14.5. The van der Waals surface area contributed by atoms with Gasteiger partial charge in [-0.05, 0) is 58.4 Å². The van der Waals surface area contributed by atoms with Crippen molar-refractivity contribution in [1.82, 2.24) is 10.2 Å². The molecule has 1 rings (SSSR count). The van der Waals surface area contributed by atoms with E-state index in [1.807, 2.05) is 0 Å². The fourth-order valence-electron chi connectivity index (χ4n) is 2.91. The maximum Gasteiger partial charge on any atom is 0.00967 e. The fourth-order valence-corrected chi connectivity index (χ4v) is 2.91. The molecule has 2 nitrogen and oxygen atoms in total. The maximum atomic E-state index is 3.73. The molecule has 1 N–H and O–H groups in total. The van der Waals surface area contributed by atoms with Gasteiger partial charge in [0.2, 0.25) is 0 Å². The van der Waals surface area contributed by atoms with Crippen LogP contribution in [0.15, 0.2) is 0 Å². The molecule has 0 aromatic heterocycles. The lowest BCUT2D eigenvalue weighted by atomic mass is 9.84. The summed E-state index contributed by atoms with van der Waals surface area (Å²) in [5.41, 5.74) is 0.643. The Morgan fingerprint density at radius 2 is 1.68 bits per heavy atom. The lowest BCUT2D eigenvalue weighted by molar-refractivity contribution is 0.134. The highest BCUT2D eigenvalue weighted by Gasteiger charge is 2.34. The monoisotopic (exact) mass is 268 g/mol. The predicted octanol–water partition coefficient (Wildman–Crippen LogP) is 4.06. The average molecular weight is 268 g/mol. The van der Waals surface area contributed by atoms with Gasteiger partial charge in [0.05, 0.1) is 0 Å². The minimum atomic E-state index is 0.226. The molecule has 0 saturated heterocycles. The van der Waals surface area contributed by atoms with Crippen molar-refractivity contribution >= 4 is 0 Å². The Labute approximate surface area is 121 Å². The van der Waals surface area contributed by atoms with E-state index in [4.69, 9.17) is 0 Å². The molecule has 19 heavy (non-hydrogen) atoms. The molecule has 0 aromatic rings. The molecular formula is C17H36N2. The van der Waals surface area contributed by atoms with Gasteiger partial charge in [0, 0.05) is 24.7 Å². The molecule has 2 heteroatoms. The summed E-state index contributed by atoms with van der Waals surface area (Å²) >= 11 is 0. The molecular weight excluding hydrogens is 232 g/mol. The van der Waals surface area contributed by atoms with Crippen LogP contribution in [0.4, 0.5) is 0 Å². The summed E-state index contributed by atoms with van der Waals surface area (Å²) in [5, 5.41) is 3.73. The molecule has 1 unspecified atom stereocenters. The third-order valence-corrected chi connectivity index (χ3v) is 4.06. The van der Waals surface area contributed by atoms with E-state index in [2.05, 4.69) is 51.8 Å². The van der Waals surface area contributed by atoms with Crippen LogP contribution in [0.5, 0.6) is 0 Å². The number of hydrogen-bond acceptors (Lipinski definition) is 2. The standard InChI is InChI=1S/C17H36N2/c1-7-11-17(6,13-18-16(3,4)5)14-19(12-8-2)15-9-10-15/h15,18H,7-14H2,1-6H3. The third kappa shape index (κ3) is 6.76. The smallest absolute Gasteiger partial charge is 0.00967 e. The number of rotatable bonds is 9. The summed E-state index contributed by atoms with van der Waals surface area (Å²) < 4.78 is 0. The second-order valence-electron chi connectivity index (χ2n) is 7.87. The first kappa shape index (κ1) is 17.0. The topological polar surface area (TPSA) is 15.3 Å². The molecule has 0 amide bonds. The summed E-state index contributed by atoms with van der Waals surface area (Å²) in [5.74, 6) is 0. The van der Waals surface area contributed by atoms with E-state index in [9.17, 15) is 0 Å². The Balaban J connectivity index is 2.57. The predicted molar refractivity (Wildman–Crippen MR) is 85.7 cm³/mol. The van der Waals surface area contributed by atoms with Crippen molar-refractivity contribution in [3.8, 4) is 0 Å². The lowest BCUT2D eigenvalue weighted by Crippen LogP contribution is -2.48. The largest absolute Gasteiger partial charge is 0.311 e. The summed E-state index contributed by atoms with van der Waals surface area (Å²) in [6.07, 6.45) is 6.74. The first-order chi connectivity index (χ1) is 8.79. The van der Waals surface area contributed by atoms with E-state index in [-0.39, 0.29) is 5.54 Å². The molecule has 0 radical (unpaired) electrons. The Hall–Kier alpha value is -0.0800. The van der Waals surface area contributed by atoms with Crippen LogP contribution in [0.25, 0.3) is 0 Å². The van der Waals surface area contributed by atoms with Gasteiger partial charge in [0.15, 0.2) is 0 Å². The first-order valence-electron chi connectivity index (χ1n) is 8.29. The summed E-state index contributed by atoms with van der Waals surface area (Å²) in [7, 11) is 0. The van der Waals surface area contributed by atoms with E-state index >= 15 is 0 Å². The van der Waals surface area contributed by atoms with Gasteiger partial charge in [-0.3, -0.25) is 4.90 Å². The Bertz CT molecular complexity index is 252. The number of hydrogen-bond donors (Lipinski definition) is 1. The van der Waals surface area contributed by atoms with Crippen LogP contribution < -0.4 is 5.32 Å². The molecule has 1 fully saturated rings. The van der Waals surface area contributed by atoms with Crippen LogP contribution in [-0.2, 0) is 0 Å². The molecule has 1 aliphatic rings. The highest BCUT2D eigenvalue weighted by molar-refractivity contribution is 4.90. The second kappa shape index (κ2) is 7.08. The van der Waals surface area contributed by atoms with Gasteiger partial charge in [-0.15, -0.1) is 0 Å². The molecule has 0 bridgehead atoms. The van der Waals surface area contributed by atoms with E-state index < -0.39 is 0 Å². The van der Waals surface area contributed by atoms with E-state index in [1.54, 1.807) is 0 Å². The second-order valence-corrected chi connectivity index (χ2v) is 7.87. The quantitative estimate of drug-likeness (QED) is 0.678. The molecule has 0 aromatic carbocycles. The van der Waals surface area contributed by atoms with Crippen molar-refractivity contribution in [2.45, 2.75) is 85.2 Å². The minimum absolute atomic E-state index is 0.226. The Morgan fingerprint density at radius 1 is 1.05 bits per heavy atom. The fraction of sp³-hybridized carbons (Fsp3) is 1.00. The van der Waals surface area contributed by atoms with Crippen LogP contribution in [0, 0.1) is 5.41 Å². The molecule has 1 atom stereocenters.